The fraction of sp³-hybridized carbons (Fsp3) is 0.0667. The van der Waals surface area contributed by atoms with E-state index in [1.165, 1.54) is 0 Å². The van der Waals surface area contributed by atoms with Crippen LogP contribution in [0.4, 0.5) is 0 Å². The van der Waals surface area contributed by atoms with Gasteiger partial charge < -0.3 is 9.67 Å². The summed E-state index contributed by atoms with van der Waals surface area (Å²) in [6, 6.07) is 10.7. The van der Waals surface area contributed by atoms with Crippen LogP contribution in [0.2, 0.25) is 5.15 Å². The van der Waals surface area contributed by atoms with Crippen LogP contribution < -0.4 is 0 Å². The van der Waals surface area contributed by atoms with Gasteiger partial charge in [-0.25, -0.2) is 9.78 Å². The van der Waals surface area contributed by atoms with Crippen molar-refractivity contribution in [3.63, 3.8) is 0 Å². The van der Waals surface area contributed by atoms with Crippen LogP contribution in [0.5, 0.6) is 0 Å². The molecule has 2 heterocycles. The van der Waals surface area contributed by atoms with Gasteiger partial charge in [-0.3, -0.25) is 0 Å². The van der Waals surface area contributed by atoms with Gasteiger partial charge >= 0.3 is 5.97 Å². The predicted molar refractivity (Wildman–Crippen MR) is 77.2 cm³/mol. The minimum Gasteiger partial charge on any atom is -0.478 e. The van der Waals surface area contributed by atoms with E-state index in [1.807, 2.05) is 30.5 Å². The molecule has 1 N–H and O–H groups in total. The number of carbonyl (C=O) groups is 1. The largest absolute Gasteiger partial charge is 0.478 e. The molecule has 1 aromatic carbocycles. The molecule has 0 atom stereocenters. The summed E-state index contributed by atoms with van der Waals surface area (Å²) in [7, 11) is 0. The summed E-state index contributed by atoms with van der Waals surface area (Å²) in [5, 5.41) is 10.4. The molecule has 2 aromatic heterocycles. The van der Waals surface area contributed by atoms with Gasteiger partial charge in [-0.1, -0.05) is 23.7 Å². The van der Waals surface area contributed by atoms with Crippen LogP contribution in [0.15, 0.2) is 48.8 Å². The summed E-state index contributed by atoms with van der Waals surface area (Å²) in [6.45, 7) is 0.656. The van der Waals surface area contributed by atoms with Crippen LogP contribution in [0.3, 0.4) is 0 Å². The molecule has 3 rings (SSSR count). The molecule has 0 unspecified atom stereocenters. The van der Waals surface area contributed by atoms with E-state index < -0.39 is 5.97 Å². The average Bonchev–Trinajstić information content (AvgIpc) is 2.82. The van der Waals surface area contributed by atoms with Gasteiger partial charge in [0.05, 0.1) is 11.1 Å². The molecule has 0 aliphatic heterocycles. The Bertz CT molecular complexity index is 778. The van der Waals surface area contributed by atoms with Crippen LogP contribution in [0.25, 0.3) is 10.9 Å². The number of rotatable bonds is 3. The first-order chi connectivity index (χ1) is 9.63. The Morgan fingerprint density at radius 1 is 1.25 bits per heavy atom. The Hall–Kier alpha value is -2.33. The molecule has 100 valence electrons. The van der Waals surface area contributed by atoms with Gasteiger partial charge in [0.2, 0.25) is 0 Å². The average molecular weight is 287 g/mol. The molecule has 0 fully saturated rings. The quantitative estimate of drug-likeness (QED) is 0.751. The van der Waals surface area contributed by atoms with Crippen LogP contribution in [0, 0.1) is 0 Å². The minimum atomic E-state index is -0.916. The maximum atomic E-state index is 10.8. The van der Waals surface area contributed by atoms with Gasteiger partial charge in [0.1, 0.15) is 5.15 Å². The number of hydrogen-bond acceptors (Lipinski definition) is 2. The Morgan fingerprint density at radius 2 is 2.00 bits per heavy atom. The van der Waals surface area contributed by atoms with E-state index in [9.17, 15) is 4.79 Å². The number of hydrogen-bond donors (Lipinski definition) is 1. The monoisotopic (exact) mass is 286 g/mol. The van der Waals surface area contributed by atoms with Gasteiger partial charge in [-0.15, -0.1) is 0 Å². The van der Waals surface area contributed by atoms with Gasteiger partial charge in [-0.2, -0.15) is 0 Å². The van der Waals surface area contributed by atoms with E-state index >= 15 is 0 Å². The van der Waals surface area contributed by atoms with Gasteiger partial charge in [-0.05, 0) is 29.8 Å². The zero-order valence-electron chi connectivity index (χ0n) is 10.5. The molecule has 0 aliphatic carbocycles. The SMILES string of the molecule is O=C(O)c1ccc(Cn2ccc3cnc(Cl)cc32)cc1. The Morgan fingerprint density at radius 3 is 2.70 bits per heavy atom. The summed E-state index contributed by atoms with van der Waals surface area (Å²) in [5.41, 5.74) is 2.33. The van der Waals surface area contributed by atoms with E-state index in [-0.39, 0.29) is 0 Å². The van der Waals surface area contributed by atoms with E-state index in [4.69, 9.17) is 16.7 Å². The lowest BCUT2D eigenvalue weighted by Gasteiger charge is -2.06. The maximum Gasteiger partial charge on any atom is 0.335 e. The van der Waals surface area contributed by atoms with Crippen LogP contribution in [-0.4, -0.2) is 20.6 Å². The Kier molecular flexibility index (Phi) is 3.16. The normalized spacial score (nSPS) is 10.8. The molecule has 3 aromatic rings. The lowest BCUT2D eigenvalue weighted by Crippen LogP contribution is -2.00. The summed E-state index contributed by atoms with van der Waals surface area (Å²) in [5.74, 6) is -0.916. The molecule has 0 radical (unpaired) electrons. The van der Waals surface area contributed by atoms with Crippen molar-refractivity contribution in [1.82, 2.24) is 9.55 Å². The van der Waals surface area contributed by atoms with Crippen molar-refractivity contribution in [1.29, 1.82) is 0 Å². The fourth-order valence-corrected chi connectivity index (χ4v) is 2.30. The number of aromatic carboxylic acids is 1. The highest BCUT2D eigenvalue weighted by Crippen LogP contribution is 2.19. The third-order valence-electron chi connectivity index (χ3n) is 3.18. The number of pyridine rings is 1. The second-order valence-electron chi connectivity index (χ2n) is 4.51. The molecule has 0 bridgehead atoms. The molecule has 20 heavy (non-hydrogen) atoms. The van der Waals surface area contributed by atoms with Crippen molar-refractivity contribution in [2.24, 2.45) is 0 Å². The molecular weight excluding hydrogens is 276 g/mol. The van der Waals surface area contributed by atoms with E-state index in [2.05, 4.69) is 9.55 Å². The van der Waals surface area contributed by atoms with E-state index in [0.29, 0.717) is 17.3 Å². The fourth-order valence-electron chi connectivity index (χ4n) is 2.15. The molecular formula is C15H11ClN2O2. The molecule has 0 amide bonds. The Labute approximate surface area is 120 Å². The smallest absolute Gasteiger partial charge is 0.335 e. The van der Waals surface area contributed by atoms with Crippen molar-refractivity contribution >= 4 is 28.5 Å². The summed E-state index contributed by atoms with van der Waals surface area (Å²) < 4.78 is 2.05. The summed E-state index contributed by atoms with van der Waals surface area (Å²) in [4.78, 5) is 14.9. The standard InChI is InChI=1S/C15H11ClN2O2/c16-14-7-13-12(8-17-14)5-6-18(13)9-10-1-3-11(4-2-10)15(19)20/h1-8H,9H2,(H,19,20). The first-order valence-electron chi connectivity index (χ1n) is 6.06. The van der Waals surface area contributed by atoms with E-state index in [0.717, 1.165) is 16.5 Å². The zero-order chi connectivity index (χ0) is 14.1. The number of aromatic nitrogens is 2. The molecule has 4 nitrogen and oxygen atoms in total. The highest BCUT2D eigenvalue weighted by Gasteiger charge is 2.05. The lowest BCUT2D eigenvalue weighted by atomic mass is 10.1. The molecule has 0 aliphatic rings. The van der Waals surface area contributed by atoms with Gasteiger partial charge in [0.15, 0.2) is 0 Å². The number of nitrogens with zero attached hydrogens (tertiary/aromatic N) is 2. The maximum absolute atomic E-state index is 10.8. The van der Waals surface area contributed by atoms with Crippen LogP contribution >= 0.6 is 11.6 Å². The molecule has 0 spiro atoms. The van der Waals surface area contributed by atoms with Crippen LogP contribution in [0.1, 0.15) is 15.9 Å². The number of carboxylic acids is 1. The van der Waals surface area contributed by atoms with Gasteiger partial charge in [0, 0.05) is 24.3 Å². The van der Waals surface area contributed by atoms with Crippen molar-refractivity contribution in [3.8, 4) is 0 Å². The second kappa shape index (κ2) is 4.98. The Balaban J connectivity index is 1.92. The second-order valence-corrected chi connectivity index (χ2v) is 4.90. The van der Waals surface area contributed by atoms with Crippen molar-refractivity contribution in [3.05, 3.63) is 65.1 Å². The number of carboxylic acid groups (broad SMARTS) is 1. The summed E-state index contributed by atoms with van der Waals surface area (Å²) >= 11 is 5.92. The lowest BCUT2D eigenvalue weighted by molar-refractivity contribution is 0.0697. The third kappa shape index (κ3) is 2.38. The topological polar surface area (TPSA) is 55.1 Å². The minimum absolute atomic E-state index is 0.290. The number of fused-ring (bicyclic) bond motifs is 1. The molecule has 0 saturated heterocycles. The van der Waals surface area contributed by atoms with Gasteiger partial charge in [0.25, 0.3) is 0 Å². The highest BCUT2D eigenvalue weighted by atomic mass is 35.5. The molecule has 5 heteroatoms. The number of halogens is 1. The van der Waals surface area contributed by atoms with Crippen molar-refractivity contribution in [2.45, 2.75) is 6.54 Å². The molecule has 0 saturated carbocycles. The third-order valence-corrected chi connectivity index (χ3v) is 3.38. The predicted octanol–water partition coefficient (Wildman–Crippen LogP) is 3.44. The van der Waals surface area contributed by atoms with Crippen LogP contribution in [-0.2, 0) is 6.54 Å². The van der Waals surface area contributed by atoms with Crippen molar-refractivity contribution < 1.29 is 9.90 Å². The van der Waals surface area contributed by atoms with Crippen molar-refractivity contribution in [2.75, 3.05) is 0 Å². The van der Waals surface area contributed by atoms with E-state index in [1.54, 1.807) is 18.3 Å². The first-order valence-corrected chi connectivity index (χ1v) is 6.44. The summed E-state index contributed by atoms with van der Waals surface area (Å²) in [6.07, 6.45) is 3.70. The highest BCUT2D eigenvalue weighted by molar-refractivity contribution is 6.30. The number of benzene rings is 1. The first kappa shape index (κ1) is 12.7. The zero-order valence-corrected chi connectivity index (χ0v) is 11.2.